The first-order valence-corrected chi connectivity index (χ1v) is 7.40. The van der Waals surface area contributed by atoms with Crippen LogP contribution in [-0.4, -0.2) is 25.0 Å². The quantitative estimate of drug-likeness (QED) is 0.868. The lowest BCUT2D eigenvalue weighted by Gasteiger charge is -2.22. The number of benzene rings is 1. The summed E-state index contributed by atoms with van der Waals surface area (Å²) in [5, 5.41) is 6.32. The summed E-state index contributed by atoms with van der Waals surface area (Å²) in [6, 6.07) is 5.12. The minimum Gasteiger partial charge on any atom is -0.356 e. The number of piperidine rings is 1. The Morgan fingerprint density at radius 2 is 2.30 bits per heavy atom. The van der Waals surface area contributed by atoms with Crippen LogP contribution < -0.4 is 10.6 Å². The van der Waals surface area contributed by atoms with Crippen LogP contribution >= 0.6 is 0 Å². The molecular formula is C16H23FN2O. The Balaban J connectivity index is 1.70. The van der Waals surface area contributed by atoms with E-state index in [1.165, 1.54) is 25.0 Å². The third kappa shape index (κ3) is 4.60. The van der Waals surface area contributed by atoms with Crippen molar-refractivity contribution in [2.75, 3.05) is 13.1 Å². The number of amides is 1. The van der Waals surface area contributed by atoms with E-state index in [2.05, 4.69) is 10.6 Å². The summed E-state index contributed by atoms with van der Waals surface area (Å²) in [7, 11) is 0. The summed E-state index contributed by atoms with van der Waals surface area (Å²) in [6.45, 7) is 3.52. The smallest absolute Gasteiger partial charge is 0.221 e. The van der Waals surface area contributed by atoms with Crippen molar-refractivity contribution in [2.45, 2.75) is 45.1 Å². The van der Waals surface area contributed by atoms with E-state index >= 15 is 0 Å². The third-order valence-electron chi connectivity index (χ3n) is 3.87. The van der Waals surface area contributed by atoms with Crippen molar-refractivity contribution in [3.63, 3.8) is 0 Å². The molecule has 0 radical (unpaired) electrons. The lowest BCUT2D eigenvalue weighted by Crippen LogP contribution is -2.39. The maximum atomic E-state index is 13.0. The van der Waals surface area contributed by atoms with E-state index in [0.29, 0.717) is 19.0 Å². The van der Waals surface area contributed by atoms with Gasteiger partial charge in [-0.05, 0) is 56.0 Å². The number of aryl methyl sites for hydroxylation is 1. The van der Waals surface area contributed by atoms with E-state index in [-0.39, 0.29) is 11.7 Å². The van der Waals surface area contributed by atoms with Gasteiger partial charge in [-0.25, -0.2) is 4.39 Å². The fourth-order valence-corrected chi connectivity index (χ4v) is 2.67. The van der Waals surface area contributed by atoms with Gasteiger partial charge in [0.15, 0.2) is 0 Å². The Hall–Kier alpha value is -1.42. The van der Waals surface area contributed by atoms with Gasteiger partial charge in [0.1, 0.15) is 5.82 Å². The standard InChI is InChI=1S/C16H23FN2O/c1-12-10-14(17)6-5-13(12)7-9-19-16(20)11-15-4-2-3-8-18-15/h5-6,10,15,18H,2-4,7-9,11H2,1H3,(H,19,20). The molecule has 2 N–H and O–H groups in total. The predicted octanol–water partition coefficient (Wildman–Crippen LogP) is 2.33. The molecule has 3 nitrogen and oxygen atoms in total. The lowest BCUT2D eigenvalue weighted by molar-refractivity contribution is -0.121. The highest BCUT2D eigenvalue weighted by Gasteiger charge is 2.15. The van der Waals surface area contributed by atoms with E-state index in [1.54, 1.807) is 6.07 Å². The fraction of sp³-hybridized carbons (Fsp3) is 0.562. The van der Waals surface area contributed by atoms with Crippen LogP contribution in [0.15, 0.2) is 18.2 Å². The van der Waals surface area contributed by atoms with Gasteiger partial charge in [-0.3, -0.25) is 4.79 Å². The average Bonchev–Trinajstić information content (AvgIpc) is 2.42. The van der Waals surface area contributed by atoms with Gasteiger partial charge in [0.25, 0.3) is 0 Å². The van der Waals surface area contributed by atoms with Crippen molar-refractivity contribution in [1.82, 2.24) is 10.6 Å². The summed E-state index contributed by atoms with van der Waals surface area (Å²) in [4.78, 5) is 11.8. The summed E-state index contributed by atoms with van der Waals surface area (Å²) in [5.74, 6) is -0.108. The molecule has 110 valence electrons. The van der Waals surface area contributed by atoms with Crippen LogP contribution in [0.25, 0.3) is 0 Å². The fourth-order valence-electron chi connectivity index (χ4n) is 2.67. The Morgan fingerprint density at radius 3 is 3.00 bits per heavy atom. The second-order valence-electron chi connectivity index (χ2n) is 5.52. The highest BCUT2D eigenvalue weighted by molar-refractivity contribution is 5.76. The van der Waals surface area contributed by atoms with Crippen LogP contribution in [0, 0.1) is 12.7 Å². The molecule has 1 aromatic rings. The first kappa shape index (κ1) is 15.0. The van der Waals surface area contributed by atoms with Gasteiger partial charge < -0.3 is 10.6 Å². The number of nitrogens with one attached hydrogen (secondary N) is 2. The van der Waals surface area contributed by atoms with Gasteiger partial charge in [-0.1, -0.05) is 12.5 Å². The Kier molecular flexibility index (Phi) is 5.53. The second-order valence-corrected chi connectivity index (χ2v) is 5.52. The van der Waals surface area contributed by atoms with Crippen molar-refractivity contribution in [3.05, 3.63) is 35.1 Å². The van der Waals surface area contributed by atoms with Crippen molar-refractivity contribution >= 4 is 5.91 Å². The molecule has 1 atom stereocenters. The van der Waals surface area contributed by atoms with Crippen molar-refractivity contribution in [2.24, 2.45) is 0 Å². The summed E-state index contributed by atoms with van der Waals surface area (Å²) in [5.41, 5.74) is 2.02. The largest absolute Gasteiger partial charge is 0.356 e. The molecule has 1 aromatic carbocycles. The van der Waals surface area contributed by atoms with Crippen molar-refractivity contribution in [1.29, 1.82) is 0 Å². The molecular weight excluding hydrogens is 255 g/mol. The molecule has 1 aliphatic heterocycles. The zero-order valence-electron chi connectivity index (χ0n) is 12.0. The molecule has 0 aliphatic carbocycles. The molecule has 2 rings (SSSR count). The molecule has 20 heavy (non-hydrogen) atoms. The predicted molar refractivity (Wildman–Crippen MR) is 78.1 cm³/mol. The first-order chi connectivity index (χ1) is 9.65. The zero-order valence-corrected chi connectivity index (χ0v) is 12.0. The molecule has 1 aliphatic rings. The maximum absolute atomic E-state index is 13.0. The highest BCUT2D eigenvalue weighted by atomic mass is 19.1. The molecule has 1 unspecified atom stereocenters. The molecule has 0 aromatic heterocycles. The van der Waals surface area contributed by atoms with E-state index < -0.39 is 0 Å². The van der Waals surface area contributed by atoms with Crippen molar-refractivity contribution < 1.29 is 9.18 Å². The van der Waals surface area contributed by atoms with Crippen molar-refractivity contribution in [3.8, 4) is 0 Å². The Labute approximate surface area is 120 Å². The molecule has 0 bridgehead atoms. The molecule has 1 saturated heterocycles. The summed E-state index contributed by atoms with van der Waals surface area (Å²) in [6.07, 6.45) is 4.81. The molecule has 0 saturated carbocycles. The summed E-state index contributed by atoms with van der Waals surface area (Å²) < 4.78 is 13.0. The van der Waals surface area contributed by atoms with E-state index in [1.807, 2.05) is 6.92 Å². The van der Waals surface area contributed by atoms with Crippen LogP contribution in [0.2, 0.25) is 0 Å². The van der Waals surface area contributed by atoms with Crippen LogP contribution in [-0.2, 0) is 11.2 Å². The van der Waals surface area contributed by atoms with E-state index in [9.17, 15) is 9.18 Å². The molecule has 4 heteroatoms. The number of rotatable bonds is 5. The van der Waals surface area contributed by atoms with Gasteiger partial charge >= 0.3 is 0 Å². The SMILES string of the molecule is Cc1cc(F)ccc1CCNC(=O)CC1CCCCN1. The van der Waals surface area contributed by atoms with Crippen LogP contribution in [0.3, 0.4) is 0 Å². The van der Waals surface area contributed by atoms with Gasteiger partial charge in [0.2, 0.25) is 5.91 Å². The maximum Gasteiger partial charge on any atom is 0.221 e. The van der Waals surface area contributed by atoms with Gasteiger partial charge in [0.05, 0.1) is 0 Å². The monoisotopic (exact) mass is 278 g/mol. The van der Waals surface area contributed by atoms with Crippen LogP contribution in [0.4, 0.5) is 4.39 Å². The Morgan fingerprint density at radius 1 is 1.45 bits per heavy atom. The molecule has 1 fully saturated rings. The zero-order chi connectivity index (χ0) is 14.4. The van der Waals surface area contributed by atoms with Gasteiger partial charge in [-0.15, -0.1) is 0 Å². The lowest BCUT2D eigenvalue weighted by atomic mass is 10.0. The number of carbonyl (C=O) groups excluding carboxylic acids is 1. The minimum atomic E-state index is -0.210. The van der Waals surface area contributed by atoms with Gasteiger partial charge in [0, 0.05) is 19.0 Å². The van der Waals surface area contributed by atoms with Gasteiger partial charge in [-0.2, -0.15) is 0 Å². The summed E-state index contributed by atoms with van der Waals surface area (Å²) >= 11 is 0. The van der Waals surface area contributed by atoms with Crippen LogP contribution in [0.5, 0.6) is 0 Å². The van der Waals surface area contributed by atoms with E-state index in [4.69, 9.17) is 0 Å². The number of hydrogen-bond donors (Lipinski definition) is 2. The second kappa shape index (κ2) is 7.39. The average molecular weight is 278 g/mol. The minimum absolute atomic E-state index is 0.101. The molecule has 1 heterocycles. The number of halogens is 1. The molecule has 1 amide bonds. The normalized spacial score (nSPS) is 18.8. The number of hydrogen-bond acceptors (Lipinski definition) is 2. The topological polar surface area (TPSA) is 41.1 Å². The van der Waals surface area contributed by atoms with E-state index in [0.717, 1.165) is 30.5 Å². The van der Waals surface area contributed by atoms with Crippen LogP contribution in [0.1, 0.15) is 36.8 Å². The number of carbonyl (C=O) groups is 1. The highest BCUT2D eigenvalue weighted by Crippen LogP contribution is 2.11. The molecule has 0 spiro atoms. The first-order valence-electron chi connectivity index (χ1n) is 7.40. The third-order valence-corrected chi connectivity index (χ3v) is 3.87. The Bertz CT molecular complexity index is 456.